The molecule has 0 saturated carbocycles. The molecular formula is C22H18BrN3O2S2. The van der Waals surface area contributed by atoms with Gasteiger partial charge in [-0.2, -0.15) is 0 Å². The lowest BCUT2D eigenvalue weighted by molar-refractivity contribution is -0.113. The van der Waals surface area contributed by atoms with Gasteiger partial charge in [0.25, 0.3) is 5.56 Å². The van der Waals surface area contributed by atoms with Gasteiger partial charge in [-0.1, -0.05) is 63.6 Å². The predicted molar refractivity (Wildman–Crippen MR) is 129 cm³/mol. The van der Waals surface area contributed by atoms with Crippen molar-refractivity contribution < 1.29 is 4.79 Å². The Hall–Kier alpha value is -2.42. The second-order valence-electron chi connectivity index (χ2n) is 6.80. The Morgan fingerprint density at radius 2 is 2.00 bits per heavy atom. The van der Waals surface area contributed by atoms with E-state index in [1.165, 1.54) is 33.2 Å². The Bertz CT molecular complexity index is 1300. The number of thioether (sulfide) groups is 1. The van der Waals surface area contributed by atoms with E-state index >= 15 is 0 Å². The van der Waals surface area contributed by atoms with Gasteiger partial charge < -0.3 is 5.32 Å². The molecule has 1 amide bonds. The normalized spacial score (nSPS) is 11.0. The minimum absolute atomic E-state index is 0.0988. The molecule has 0 unspecified atom stereocenters. The lowest BCUT2D eigenvalue weighted by Gasteiger charge is -2.09. The highest BCUT2D eigenvalue weighted by molar-refractivity contribution is 9.10. The van der Waals surface area contributed by atoms with Crippen molar-refractivity contribution in [3.05, 3.63) is 74.3 Å². The molecule has 0 aliphatic carbocycles. The Kier molecular flexibility index (Phi) is 6.08. The van der Waals surface area contributed by atoms with E-state index in [-0.39, 0.29) is 17.2 Å². The number of nitrogens with one attached hydrogen (secondary N) is 1. The van der Waals surface area contributed by atoms with E-state index in [2.05, 4.69) is 21.2 Å². The molecule has 0 aliphatic heterocycles. The van der Waals surface area contributed by atoms with E-state index in [9.17, 15) is 9.59 Å². The average Bonchev–Trinajstić information content (AvgIpc) is 3.14. The number of aromatic nitrogens is 2. The highest BCUT2D eigenvalue weighted by Gasteiger charge is 2.16. The van der Waals surface area contributed by atoms with Crippen LogP contribution in [-0.2, 0) is 11.8 Å². The molecule has 2 aromatic heterocycles. The number of benzene rings is 2. The summed E-state index contributed by atoms with van der Waals surface area (Å²) in [6.07, 6.45) is 0. The lowest BCUT2D eigenvalue weighted by atomic mass is 10.1. The Morgan fingerprint density at radius 1 is 1.23 bits per heavy atom. The molecule has 0 fully saturated rings. The van der Waals surface area contributed by atoms with Crippen LogP contribution in [0.3, 0.4) is 0 Å². The number of hydrogen-bond acceptors (Lipinski definition) is 5. The fraction of sp³-hybridized carbons (Fsp3) is 0.136. The van der Waals surface area contributed by atoms with Crippen molar-refractivity contribution in [3.8, 4) is 11.1 Å². The van der Waals surface area contributed by atoms with E-state index in [1.54, 1.807) is 7.05 Å². The third-order valence-corrected chi connectivity index (χ3v) is 7.04. The highest BCUT2D eigenvalue weighted by Crippen LogP contribution is 2.32. The number of hydrogen-bond donors (Lipinski definition) is 1. The summed E-state index contributed by atoms with van der Waals surface area (Å²) in [5.74, 6) is -0.000936. The van der Waals surface area contributed by atoms with Gasteiger partial charge in [0, 0.05) is 28.2 Å². The van der Waals surface area contributed by atoms with E-state index < -0.39 is 0 Å². The van der Waals surface area contributed by atoms with Crippen molar-refractivity contribution in [2.45, 2.75) is 12.1 Å². The van der Waals surface area contributed by atoms with Crippen LogP contribution in [0.25, 0.3) is 21.3 Å². The predicted octanol–water partition coefficient (Wildman–Crippen LogP) is 5.46. The Morgan fingerprint density at radius 3 is 2.73 bits per heavy atom. The van der Waals surface area contributed by atoms with Crippen LogP contribution in [0, 0.1) is 6.92 Å². The van der Waals surface area contributed by atoms with Crippen molar-refractivity contribution in [1.82, 2.24) is 9.55 Å². The fourth-order valence-electron chi connectivity index (χ4n) is 2.98. The zero-order valence-electron chi connectivity index (χ0n) is 16.3. The maximum absolute atomic E-state index is 12.8. The van der Waals surface area contributed by atoms with Gasteiger partial charge in [-0.05, 0) is 30.7 Å². The first kappa shape index (κ1) is 20.8. The molecule has 4 aromatic rings. The highest BCUT2D eigenvalue weighted by atomic mass is 79.9. The van der Waals surface area contributed by atoms with Gasteiger partial charge in [0.15, 0.2) is 5.16 Å². The lowest BCUT2D eigenvalue weighted by Crippen LogP contribution is -2.20. The SMILES string of the molecule is Cc1ccc(-c2csc3c(=O)n(C)c(SCC(=O)Nc4cccc(Br)c4)nc23)cc1. The Balaban J connectivity index is 1.60. The van der Waals surface area contributed by atoms with Crippen LogP contribution in [-0.4, -0.2) is 21.2 Å². The molecule has 0 aliphatic rings. The first-order chi connectivity index (χ1) is 14.4. The average molecular weight is 500 g/mol. The van der Waals surface area contributed by atoms with Crippen molar-refractivity contribution in [3.63, 3.8) is 0 Å². The van der Waals surface area contributed by atoms with E-state index in [4.69, 9.17) is 4.98 Å². The Labute approximate surface area is 190 Å². The van der Waals surface area contributed by atoms with Crippen LogP contribution in [0.5, 0.6) is 0 Å². The largest absolute Gasteiger partial charge is 0.325 e. The summed E-state index contributed by atoms with van der Waals surface area (Å²) in [7, 11) is 1.69. The number of anilines is 1. The first-order valence-corrected chi connectivity index (χ1v) is 11.8. The van der Waals surface area contributed by atoms with E-state index in [1.807, 2.05) is 60.8 Å². The van der Waals surface area contributed by atoms with Gasteiger partial charge >= 0.3 is 0 Å². The van der Waals surface area contributed by atoms with Gasteiger partial charge in [0.05, 0.1) is 11.3 Å². The van der Waals surface area contributed by atoms with Crippen molar-refractivity contribution >= 4 is 60.8 Å². The van der Waals surface area contributed by atoms with Gasteiger partial charge in [0.1, 0.15) is 4.70 Å². The zero-order valence-corrected chi connectivity index (χ0v) is 19.5. The number of amides is 1. The molecule has 152 valence electrons. The van der Waals surface area contributed by atoms with Gasteiger partial charge in [-0.15, -0.1) is 11.3 Å². The van der Waals surface area contributed by atoms with Crippen LogP contribution in [0.2, 0.25) is 0 Å². The van der Waals surface area contributed by atoms with Gasteiger partial charge in [0.2, 0.25) is 5.91 Å². The molecule has 2 aromatic carbocycles. The molecule has 4 rings (SSSR count). The number of carbonyl (C=O) groups excluding carboxylic acids is 1. The van der Waals surface area contributed by atoms with Crippen LogP contribution >= 0.6 is 39.0 Å². The molecule has 0 atom stereocenters. The molecule has 8 heteroatoms. The van der Waals surface area contributed by atoms with Crippen LogP contribution in [0.15, 0.2) is 68.3 Å². The van der Waals surface area contributed by atoms with Crippen LogP contribution < -0.4 is 10.9 Å². The molecule has 30 heavy (non-hydrogen) atoms. The topological polar surface area (TPSA) is 64.0 Å². The maximum Gasteiger partial charge on any atom is 0.271 e. The number of thiophene rings is 1. The summed E-state index contributed by atoms with van der Waals surface area (Å²) in [6, 6.07) is 15.6. The van der Waals surface area contributed by atoms with Gasteiger partial charge in [-0.25, -0.2) is 4.98 Å². The molecule has 0 saturated heterocycles. The second-order valence-corrected chi connectivity index (χ2v) is 9.54. The molecule has 0 spiro atoms. The summed E-state index contributed by atoms with van der Waals surface area (Å²) >= 11 is 6.04. The van der Waals surface area contributed by atoms with E-state index in [0.29, 0.717) is 21.1 Å². The monoisotopic (exact) mass is 499 g/mol. The summed E-state index contributed by atoms with van der Waals surface area (Å²) in [6.45, 7) is 2.04. The summed E-state index contributed by atoms with van der Waals surface area (Å²) in [5.41, 5.74) is 4.44. The smallest absolute Gasteiger partial charge is 0.271 e. The summed E-state index contributed by atoms with van der Waals surface area (Å²) in [4.78, 5) is 29.9. The molecule has 2 heterocycles. The fourth-order valence-corrected chi connectivity index (χ4v) is 5.14. The molecular weight excluding hydrogens is 482 g/mol. The number of aryl methyl sites for hydroxylation is 1. The number of fused-ring (bicyclic) bond motifs is 1. The second kappa shape index (κ2) is 8.75. The standard InChI is InChI=1S/C22H18BrN3O2S2/c1-13-6-8-14(9-7-13)17-11-29-20-19(17)25-22(26(2)21(20)28)30-12-18(27)24-16-5-3-4-15(23)10-16/h3-11H,12H2,1-2H3,(H,24,27). The molecule has 0 radical (unpaired) electrons. The van der Waals surface area contributed by atoms with Crippen molar-refractivity contribution in [2.24, 2.45) is 7.05 Å². The number of nitrogens with zero attached hydrogens (tertiary/aromatic N) is 2. The number of carbonyl (C=O) groups is 1. The third kappa shape index (κ3) is 4.35. The maximum atomic E-state index is 12.8. The summed E-state index contributed by atoms with van der Waals surface area (Å²) < 4.78 is 3.02. The minimum atomic E-state index is -0.156. The number of rotatable bonds is 5. The molecule has 5 nitrogen and oxygen atoms in total. The van der Waals surface area contributed by atoms with Crippen LogP contribution in [0.1, 0.15) is 5.56 Å². The first-order valence-electron chi connectivity index (χ1n) is 9.16. The zero-order chi connectivity index (χ0) is 21.3. The third-order valence-electron chi connectivity index (χ3n) is 4.56. The van der Waals surface area contributed by atoms with Gasteiger partial charge in [-0.3, -0.25) is 14.2 Å². The molecule has 1 N–H and O–H groups in total. The number of halogens is 1. The van der Waals surface area contributed by atoms with Crippen molar-refractivity contribution in [1.29, 1.82) is 0 Å². The van der Waals surface area contributed by atoms with Crippen LogP contribution in [0.4, 0.5) is 5.69 Å². The summed E-state index contributed by atoms with van der Waals surface area (Å²) in [5, 5.41) is 5.35. The minimum Gasteiger partial charge on any atom is -0.325 e. The van der Waals surface area contributed by atoms with Crippen molar-refractivity contribution in [2.75, 3.05) is 11.1 Å². The quantitative estimate of drug-likeness (QED) is 0.292. The van der Waals surface area contributed by atoms with E-state index in [0.717, 1.165) is 15.6 Å². The molecule has 0 bridgehead atoms.